The number of benzene rings is 1. The van der Waals surface area contributed by atoms with Gasteiger partial charge in [0, 0.05) is 0 Å². The van der Waals surface area contributed by atoms with Gasteiger partial charge in [-0.25, -0.2) is 0 Å². The summed E-state index contributed by atoms with van der Waals surface area (Å²) in [6.07, 6.45) is 3.64. The molecule has 0 amide bonds. The molecule has 3 aromatic rings. The molecule has 0 aliphatic heterocycles. The molecule has 0 unspecified atom stereocenters. The average Bonchev–Trinajstić information content (AvgIpc) is 2.38. The van der Waals surface area contributed by atoms with Gasteiger partial charge in [-0.3, -0.25) is 0 Å². The van der Waals surface area contributed by atoms with E-state index < -0.39 is 0 Å². The quantitative estimate of drug-likeness (QED) is 0.638. The molecule has 0 fully saturated rings. The fourth-order valence-electron chi connectivity index (χ4n) is 1.80. The van der Waals surface area contributed by atoms with Crippen molar-refractivity contribution in [2.75, 3.05) is 0 Å². The van der Waals surface area contributed by atoms with E-state index in [0.717, 1.165) is 26.5 Å². The molecule has 0 atom stereocenters. The van der Waals surface area contributed by atoms with E-state index in [1.807, 2.05) is 24.5 Å². The van der Waals surface area contributed by atoms with E-state index in [4.69, 9.17) is 0 Å². The maximum atomic E-state index is 4.38. The normalized spacial score (nSPS) is 10.6. The number of aromatic nitrogens is 2. The second kappa shape index (κ2) is 4.31. The Morgan fingerprint density at radius 3 is 2.71 bits per heavy atom. The third-order valence-electron chi connectivity index (χ3n) is 2.65. The van der Waals surface area contributed by atoms with Crippen molar-refractivity contribution in [3.8, 4) is 11.3 Å². The van der Waals surface area contributed by atoms with Gasteiger partial charge in [-0.1, -0.05) is 0 Å². The van der Waals surface area contributed by atoms with Crippen LogP contribution in [-0.4, -0.2) is 26.8 Å². The summed E-state index contributed by atoms with van der Waals surface area (Å²) in [6.45, 7) is 0. The van der Waals surface area contributed by atoms with Crippen LogP contribution in [0, 0.1) is 0 Å². The van der Waals surface area contributed by atoms with Gasteiger partial charge in [0.2, 0.25) is 0 Å². The van der Waals surface area contributed by atoms with Gasteiger partial charge in [0.05, 0.1) is 0 Å². The zero-order chi connectivity index (χ0) is 11.7. The minimum absolute atomic E-state index is 0.982. The van der Waals surface area contributed by atoms with Crippen LogP contribution in [0.4, 0.5) is 0 Å². The topological polar surface area (TPSA) is 25.8 Å². The molecule has 2 heterocycles. The van der Waals surface area contributed by atoms with Crippen molar-refractivity contribution in [1.29, 1.82) is 0 Å². The van der Waals surface area contributed by atoms with Gasteiger partial charge in [0.25, 0.3) is 0 Å². The van der Waals surface area contributed by atoms with E-state index in [1.54, 1.807) is 0 Å². The van der Waals surface area contributed by atoms with Crippen LogP contribution in [0.25, 0.3) is 22.2 Å². The number of rotatable bonds is 1. The third-order valence-corrected chi connectivity index (χ3v) is 3.23. The molecule has 17 heavy (non-hydrogen) atoms. The standard InChI is InChI=1S/C14H9AsN2/c15-12-5-7-17-14(9-12)11-4-3-10-2-1-6-16-13(10)8-11/h1-9H. The van der Waals surface area contributed by atoms with Gasteiger partial charge >= 0.3 is 108 Å². The Morgan fingerprint density at radius 1 is 0.882 bits per heavy atom. The summed E-state index contributed by atoms with van der Waals surface area (Å²) in [6, 6.07) is 14.3. The first-order valence-corrected chi connectivity index (χ1v) is 6.27. The van der Waals surface area contributed by atoms with Gasteiger partial charge < -0.3 is 0 Å². The van der Waals surface area contributed by atoms with Crippen LogP contribution in [0.3, 0.4) is 0 Å². The van der Waals surface area contributed by atoms with Crippen LogP contribution in [0.2, 0.25) is 0 Å². The van der Waals surface area contributed by atoms with Crippen molar-refractivity contribution < 1.29 is 0 Å². The molecule has 3 rings (SSSR count). The predicted molar refractivity (Wildman–Crippen MR) is 70.4 cm³/mol. The number of hydrogen-bond donors (Lipinski definition) is 0. The molecule has 0 N–H and O–H groups in total. The Balaban J connectivity index is 2.18. The first kappa shape index (κ1) is 10.5. The SMILES string of the molecule is [As]c1ccnc(-c2ccc3cccnc3c2)c1. The zero-order valence-corrected chi connectivity index (χ0v) is 10.9. The zero-order valence-electron chi connectivity index (χ0n) is 9.04. The van der Waals surface area contributed by atoms with Crippen molar-refractivity contribution in [3.05, 3.63) is 54.9 Å². The van der Waals surface area contributed by atoms with Gasteiger partial charge in [0.15, 0.2) is 0 Å². The second-order valence-corrected chi connectivity index (χ2v) is 4.89. The Hall–Kier alpha value is -1.66. The Labute approximate surface area is 108 Å². The van der Waals surface area contributed by atoms with Crippen molar-refractivity contribution >= 4 is 32.1 Å². The fourth-order valence-corrected chi connectivity index (χ4v) is 2.20. The molecule has 0 aliphatic rings. The van der Waals surface area contributed by atoms with Crippen LogP contribution in [0.5, 0.6) is 0 Å². The molecule has 0 aliphatic carbocycles. The van der Waals surface area contributed by atoms with E-state index in [2.05, 4.69) is 57.2 Å². The summed E-state index contributed by atoms with van der Waals surface area (Å²) in [5.41, 5.74) is 3.09. The van der Waals surface area contributed by atoms with Gasteiger partial charge in [0.1, 0.15) is 0 Å². The fraction of sp³-hybridized carbons (Fsp3) is 0. The van der Waals surface area contributed by atoms with E-state index in [-0.39, 0.29) is 0 Å². The molecule has 0 saturated heterocycles. The van der Waals surface area contributed by atoms with Gasteiger partial charge in [-0.2, -0.15) is 0 Å². The molecule has 80 valence electrons. The first-order chi connectivity index (χ1) is 8.33. The second-order valence-electron chi connectivity index (χ2n) is 3.81. The molecular weight excluding hydrogens is 271 g/mol. The first-order valence-electron chi connectivity index (χ1n) is 5.33. The van der Waals surface area contributed by atoms with Gasteiger partial charge in [-0.05, 0) is 0 Å². The number of nitrogens with zero attached hydrogens (tertiary/aromatic N) is 2. The minimum atomic E-state index is 0.982. The van der Waals surface area contributed by atoms with Crippen molar-refractivity contribution in [3.63, 3.8) is 0 Å². The molecule has 0 saturated carbocycles. The summed E-state index contributed by atoms with van der Waals surface area (Å²) in [4.78, 5) is 8.74. The molecule has 0 spiro atoms. The van der Waals surface area contributed by atoms with E-state index in [0.29, 0.717) is 0 Å². The molecular formula is C14H9AsN2. The third kappa shape index (κ3) is 2.09. The summed E-state index contributed by atoms with van der Waals surface area (Å²) < 4.78 is 1.16. The molecule has 2 radical (unpaired) electrons. The van der Waals surface area contributed by atoms with Gasteiger partial charge in [-0.15, -0.1) is 0 Å². The van der Waals surface area contributed by atoms with Crippen molar-refractivity contribution in [2.24, 2.45) is 0 Å². The summed E-state index contributed by atoms with van der Waals surface area (Å²) in [7, 11) is 0. The molecule has 0 bridgehead atoms. The van der Waals surface area contributed by atoms with Crippen molar-refractivity contribution in [1.82, 2.24) is 9.97 Å². The van der Waals surface area contributed by atoms with Crippen LogP contribution in [0.1, 0.15) is 0 Å². The van der Waals surface area contributed by atoms with Crippen LogP contribution >= 0.6 is 0 Å². The average molecular weight is 280 g/mol. The Kier molecular flexibility index (Phi) is 2.66. The Morgan fingerprint density at radius 2 is 1.82 bits per heavy atom. The summed E-state index contributed by atoms with van der Waals surface area (Å²) >= 11 is 2.53. The van der Waals surface area contributed by atoms with E-state index in [1.165, 1.54) is 0 Å². The van der Waals surface area contributed by atoms with Crippen LogP contribution in [0.15, 0.2) is 54.9 Å². The summed E-state index contributed by atoms with van der Waals surface area (Å²) in [5.74, 6) is 0. The van der Waals surface area contributed by atoms with Crippen LogP contribution < -0.4 is 4.35 Å². The Bertz CT molecular complexity index is 680. The summed E-state index contributed by atoms with van der Waals surface area (Å²) in [5, 5.41) is 1.15. The molecule has 3 heteroatoms. The molecule has 2 nitrogen and oxygen atoms in total. The van der Waals surface area contributed by atoms with E-state index >= 15 is 0 Å². The maximum absolute atomic E-state index is 4.38. The monoisotopic (exact) mass is 280 g/mol. The number of pyridine rings is 2. The predicted octanol–water partition coefficient (Wildman–Crippen LogP) is 2.09. The van der Waals surface area contributed by atoms with Crippen LogP contribution in [-0.2, 0) is 0 Å². The van der Waals surface area contributed by atoms with Crippen molar-refractivity contribution in [2.45, 2.75) is 0 Å². The number of hydrogen-bond acceptors (Lipinski definition) is 2. The molecule has 2 aromatic heterocycles. The molecule has 1 aromatic carbocycles. The number of fused-ring (bicyclic) bond motifs is 1. The van der Waals surface area contributed by atoms with E-state index in [9.17, 15) is 0 Å².